The smallest absolute Gasteiger partial charge is 0.139 e. The van der Waals surface area contributed by atoms with E-state index in [-0.39, 0.29) is 0 Å². The quantitative estimate of drug-likeness (QED) is 0.583. The first-order valence-corrected chi connectivity index (χ1v) is 8.44. The van der Waals surface area contributed by atoms with Crippen molar-refractivity contribution in [2.24, 2.45) is 7.05 Å². The van der Waals surface area contributed by atoms with Gasteiger partial charge < -0.3 is 14.6 Å². The monoisotopic (exact) mass is 344 g/mol. The Kier molecular flexibility index (Phi) is 4.05. The van der Waals surface area contributed by atoms with Crippen molar-refractivity contribution in [3.63, 3.8) is 0 Å². The van der Waals surface area contributed by atoms with Crippen molar-refractivity contribution in [2.75, 3.05) is 12.4 Å². The first kappa shape index (κ1) is 16.1. The number of pyridine rings is 2. The number of aromatic nitrogens is 3. The summed E-state index contributed by atoms with van der Waals surface area (Å²) in [5, 5.41) is 4.54. The topological polar surface area (TPSA) is 52.0 Å². The van der Waals surface area contributed by atoms with Crippen LogP contribution in [0.1, 0.15) is 5.56 Å². The molecule has 3 aromatic heterocycles. The molecule has 5 heteroatoms. The van der Waals surface area contributed by atoms with Crippen LogP contribution in [0.25, 0.3) is 22.2 Å². The highest BCUT2D eigenvalue weighted by Gasteiger charge is 2.12. The summed E-state index contributed by atoms with van der Waals surface area (Å²) in [6, 6.07) is 14.2. The number of nitrogens with one attached hydrogen (secondary N) is 1. The van der Waals surface area contributed by atoms with Crippen molar-refractivity contribution < 1.29 is 4.74 Å². The Bertz CT molecular complexity index is 1070. The molecular formula is C21H20N4O. The molecule has 0 radical (unpaired) electrons. The van der Waals surface area contributed by atoms with Crippen molar-refractivity contribution in [2.45, 2.75) is 6.92 Å². The third kappa shape index (κ3) is 2.77. The lowest BCUT2D eigenvalue weighted by molar-refractivity contribution is 0.414. The highest BCUT2D eigenvalue weighted by molar-refractivity contribution is 5.96. The molecular weight excluding hydrogens is 324 g/mol. The minimum atomic E-state index is 0.835. The van der Waals surface area contributed by atoms with Crippen molar-refractivity contribution in [1.82, 2.24) is 14.5 Å². The minimum Gasteiger partial charge on any atom is -0.497 e. The van der Waals surface area contributed by atoms with Crippen LogP contribution in [0.4, 0.5) is 11.5 Å². The summed E-state index contributed by atoms with van der Waals surface area (Å²) in [6.45, 7) is 2.05. The molecule has 3 heterocycles. The molecule has 4 aromatic rings. The zero-order chi connectivity index (χ0) is 18.1. The zero-order valence-electron chi connectivity index (χ0n) is 15.0. The molecule has 4 rings (SSSR count). The number of fused-ring (bicyclic) bond motifs is 1. The molecule has 0 spiro atoms. The summed E-state index contributed by atoms with van der Waals surface area (Å²) < 4.78 is 7.45. The van der Waals surface area contributed by atoms with Gasteiger partial charge in [0.1, 0.15) is 11.6 Å². The van der Waals surface area contributed by atoms with Crippen LogP contribution in [0.3, 0.4) is 0 Å². The lowest BCUT2D eigenvalue weighted by Gasteiger charge is -2.11. The van der Waals surface area contributed by atoms with Crippen molar-refractivity contribution in [1.29, 1.82) is 0 Å². The number of nitrogens with zero attached hydrogens (tertiary/aromatic N) is 3. The Labute approximate surface area is 152 Å². The van der Waals surface area contributed by atoms with Crippen molar-refractivity contribution in [3.8, 4) is 17.0 Å². The molecule has 26 heavy (non-hydrogen) atoms. The Morgan fingerprint density at radius 2 is 1.96 bits per heavy atom. The van der Waals surface area contributed by atoms with Gasteiger partial charge in [-0.15, -0.1) is 0 Å². The number of hydrogen-bond acceptors (Lipinski definition) is 4. The summed E-state index contributed by atoms with van der Waals surface area (Å²) in [5.74, 6) is 1.68. The van der Waals surface area contributed by atoms with Crippen LogP contribution in [0, 0.1) is 6.92 Å². The van der Waals surface area contributed by atoms with Crippen LogP contribution in [-0.4, -0.2) is 21.6 Å². The Balaban J connectivity index is 1.79. The maximum atomic E-state index is 5.29. The molecule has 5 nitrogen and oxygen atoms in total. The molecule has 0 atom stereocenters. The fraction of sp³-hybridized carbons (Fsp3) is 0.143. The number of benzene rings is 1. The van der Waals surface area contributed by atoms with Gasteiger partial charge in [0.15, 0.2) is 0 Å². The molecule has 0 unspecified atom stereocenters. The minimum absolute atomic E-state index is 0.835. The zero-order valence-corrected chi connectivity index (χ0v) is 15.0. The van der Waals surface area contributed by atoms with E-state index in [4.69, 9.17) is 4.74 Å². The summed E-state index contributed by atoms with van der Waals surface area (Å²) >= 11 is 0. The third-order valence-corrected chi connectivity index (χ3v) is 4.61. The van der Waals surface area contributed by atoms with Crippen LogP contribution >= 0.6 is 0 Å². The predicted molar refractivity (Wildman–Crippen MR) is 105 cm³/mol. The SMILES string of the molecule is COc1ccc(Nc2nccc3c2cc(-c2cccnc2)n3C)c(C)c1. The van der Waals surface area contributed by atoms with Crippen LogP contribution in [-0.2, 0) is 7.05 Å². The van der Waals surface area contributed by atoms with Gasteiger partial charge in [-0.2, -0.15) is 0 Å². The van der Waals surface area contributed by atoms with Crippen molar-refractivity contribution in [3.05, 3.63) is 66.6 Å². The van der Waals surface area contributed by atoms with E-state index in [1.54, 1.807) is 13.3 Å². The predicted octanol–water partition coefficient (Wildman–Crippen LogP) is 4.70. The van der Waals surface area contributed by atoms with E-state index in [1.165, 1.54) is 0 Å². The second-order valence-corrected chi connectivity index (χ2v) is 6.23. The normalized spacial score (nSPS) is 10.9. The number of hydrogen-bond donors (Lipinski definition) is 1. The molecule has 1 N–H and O–H groups in total. The van der Waals surface area contributed by atoms with E-state index in [1.807, 2.05) is 42.7 Å². The van der Waals surface area contributed by atoms with Crippen molar-refractivity contribution >= 4 is 22.4 Å². The molecule has 0 saturated heterocycles. The van der Waals surface area contributed by atoms with E-state index in [0.717, 1.165) is 45.0 Å². The molecule has 0 bridgehead atoms. The number of methoxy groups -OCH3 is 1. The lowest BCUT2D eigenvalue weighted by atomic mass is 10.1. The summed E-state index contributed by atoms with van der Waals surface area (Å²) in [7, 11) is 3.74. The van der Waals surface area contributed by atoms with Gasteiger partial charge >= 0.3 is 0 Å². The van der Waals surface area contributed by atoms with E-state index in [0.29, 0.717) is 0 Å². The second-order valence-electron chi connectivity index (χ2n) is 6.23. The summed E-state index contributed by atoms with van der Waals surface area (Å²) in [4.78, 5) is 8.80. The summed E-state index contributed by atoms with van der Waals surface area (Å²) in [5.41, 5.74) is 5.42. The number of anilines is 2. The van der Waals surface area contributed by atoms with E-state index >= 15 is 0 Å². The second kappa shape index (κ2) is 6.52. The first-order valence-electron chi connectivity index (χ1n) is 8.44. The molecule has 1 aromatic carbocycles. The van der Waals surface area contributed by atoms with Gasteiger partial charge in [-0.3, -0.25) is 4.98 Å². The lowest BCUT2D eigenvalue weighted by Crippen LogP contribution is -1.97. The average molecular weight is 344 g/mol. The molecule has 0 fully saturated rings. The third-order valence-electron chi connectivity index (χ3n) is 4.61. The molecule has 0 aliphatic heterocycles. The van der Waals surface area contributed by atoms with Gasteiger partial charge in [0.2, 0.25) is 0 Å². The Morgan fingerprint density at radius 1 is 1.08 bits per heavy atom. The fourth-order valence-corrected chi connectivity index (χ4v) is 3.18. The standard InChI is InChI=1S/C21H20N4O/c1-14-11-16(26-3)6-7-18(14)24-21-17-12-20(15-5-4-9-22-13-15)25(2)19(17)8-10-23-21/h4-13H,1-3H3,(H,23,24). The van der Waals surface area contributed by atoms with Gasteiger partial charge in [-0.1, -0.05) is 0 Å². The molecule has 130 valence electrons. The number of aryl methyl sites for hydroxylation is 2. The molecule has 0 amide bonds. The highest BCUT2D eigenvalue weighted by atomic mass is 16.5. The average Bonchev–Trinajstić information content (AvgIpc) is 3.02. The molecule has 0 aliphatic carbocycles. The van der Waals surface area contributed by atoms with E-state index in [2.05, 4.69) is 46.0 Å². The van der Waals surface area contributed by atoms with Crippen LogP contribution < -0.4 is 10.1 Å². The highest BCUT2D eigenvalue weighted by Crippen LogP contribution is 2.32. The van der Waals surface area contributed by atoms with Gasteiger partial charge in [0, 0.05) is 42.3 Å². The van der Waals surface area contributed by atoms with Crippen LogP contribution in [0.15, 0.2) is 61.1 Å². The van der Waals surface area contributed by atoms with Gasteiger partial charge in [0.05, 0.1) is 18.3 Å². The molecule has 0 aliphatic rings. The van der Waals surface area contributed by atoms with Crippen LogP contribution in [0.5, 0.6) is 5.75 Å². The first-order chi connectivity index (χ1) is 12.7. The Morgan fingerprint density at radius 3 is 2.69 bits per heavy atom. The largest absolute Gasteiger partial charge is 0.497 e. The van der Waals surface area contributed by atoms with Gasteiger partial charge in [-0.25, -0.2) is 4.98 Å². The number of ether oxygens (including phenoxy) is 1. The molecule has 0 saturated carbocycles. The maximum absolute atomic E-state index is 5.29. The Hall–Kier alpha value is -3.34. The van der Waals surface area contributed by atoms with E-state index < -0.39 is 0 Å². The maximum Gasteiger partial charge on any atom is 0.139 e. The number of rotatable bonds is 4. The van der Waals surface area contributed by atoms with Gasteiger partial charge in [0.25, 0.3) is 0 Å². The fourth-order valence-electron chi connectivity index (χ4n) is 3.18. The van der Waals surface area contributed by atoms with Crippen LogP contribution in [0.2, 0.25) is 0 Å². The van der Waals surface area contributed by atoms with E-state index in [9.17, 15) is 0 Å². The summed E-state index contributed by atoms with van der Waals surface area (Å²) in [6.07, 6.45) is 5.49. The van der Waals surface area contributed by atoms with Gasteiger partial charge in [-0.05, 0) is 55.0 Å².